The zero-order chi connectivity index (χ0) is 33.4. The third kappa shape index (κ3) is 7.20. The number of anilines is 3. The predicted octanol–water partition coefficient (Wildman–Crippen LogP) is 5.62. The highest BCUT2D eigenvalue weighted by molar-refractivity contribution is 6.74. The summed E-state index contributed by atoms with van der Waals surface area (Å²) in [6.45, 7) is 24.4. The molecule has 0 bridgehead atoms. The van der Waals surface area contributed by atoms with Crippen molar-refractivity contribution >= 4 is 25.6 Å². The Morgan fingerprint density at radius 3 is 2.57 bits per heavy atom. The lowest BCUT2D eigenvalue weighted by molar-refractivity contribution is 0.168. The highest BCUT2D eigenvalue weighted by atomic mass is 28.4. The molecular formula is C35H50N8O2Si. The van der Waals surface area contributed by atoms with Crippen LogP contribution < -0.4 is 21.5 Å². The summed E-state index contributed by atoms with van der Waals surface area (Å²) in [5.74, 6) is 0.331. The van der Waals surface area contributed by atoms with Gasteiger partial charge in [0.1, 0.15) is 11.8 Å². The van der Waals surface area contributed by atoms with E-state index in [4.69, 9.17) is 9.41 Å². The summed E-state index contributed by atoms with van der Waals surface area (Å²) in [7, 11) is -1.97. The summed E-state index contributed by atoms with van der Waals surface area (Å²) < 4.78 is 8.45. The quantitative estimate of drug-likeness (QED) is 0.256. The van der Waals surface area contributed by atoms with Gasteiger partial charge in [-0.15, -0.1) is 0 Å². The Morgan fingerprint density at radius 2 is 1.89 bits per heavy atom. The van der Waals surface area contributed by atoms with Crippen LogP contribution in [0.5, 0.6) is 0 Å². The third-order valence-corrected chi connectivity index (χ3v) is 14.3. The minimum absolute atomic E-state index is 0.102. The summed E-state index contributed by atoms with van der Waals surface area (Å²) >= 11 is 0. The lowest BCUT2D eigenvalue weighted by Gasteiger charge is -2.39. The van der Waals surface area contributed by atoms with Crippen LogP contribution in [0.1, 0.15) is 58.2 Å². The summed E-state index contributed by atoms with van der Waals surface area (Å²) in [4.78, 5) is 25.2. The Hall–Kier alpha value is -3.56. The Balaban J connectivity index is 1.39. The van der Waals surface area contributed by atoms with Gasteiger partial charge < -0.3 is 24.9 Å². The van der Waals surface area contributed by atoms with Crippen molar-refractivity contribution in [3.8, 4) is 17.3 Å². The second kappa shape index (κ2) is 12.9. The molecule has 2 aliphatic heterocycles. The molecular weight excluding hydrogens is 593 g/mol. The molecule has 2 unspecified atom stereocenters. The molecule has 0 spiro atoms. The van der Waals surface area contributed by atoms with Gasteiger partial charge in [0.2, 0.25) is 5.95 Å². The van der Waals surface area contributed by atoms with Gasteiger partial charge in [-0.3, -0.25) is 9.69 Å². The van der Waals surface area contributed by atoms with Gasteiger partial charge in [-0.2, -0.15) is 5.26 Å². The highest BCUT2D eigenvalue weighted by Gasteiger charge is 2.42. The van der Waals surface area contributed by atoms with Gasteiger partial charge in [0.15, 0.2) is 8.32 Å². The molecule has 0 radical (unpaired) electrons. The van der Waals surface area contributed by atoms with E-state index in [0.29, 0.717) is 54.7 Å². The minimum Gasteiger partial charge on any atom is -0.416 e. The molecule has 1 saturated heterocycles. The Labute approximate surface area is 274 Å². The standard InChI is InChI=1S/C35H50N8O2Si/c1-23-14-30(32(44)43(18-23)13-12-42-19-24(2)39-25(3)20-42)41-33-37-11-10-29(40-33)26-15-27(17-36)31-28(16-26)35(7,21-38-31)22-45-46(8,9)34(4,5)6/h10-11,14-16,18,24-25,38-39H,12-13,19-22H2,1-9H3,(H,37,40,41)/t24?,25?,35-/m1/s1. The van der Waals surface area contributed by atoms with Crippen molar-refractivity contribution in [3.05, 3.63) is 63.7 Å². The largest absolute Gasteiger partial charge is 0.416 e. The maximum atomic E-state index is 13.5. The normalized spacial score (nSPS) is 21.8. The zero-order valence-electron chi connectivity index (χ0n) is 28.9. The number of nitrogens with zero attached hydrogens (tertiary/aromatic N) is 5. The summed E-state index contributed by atoms with van der Waals surface area (Å²) in [5, 5.41) is 20.4. The molecule has 3 atom stereocenters. The number of aromatic nitrogens is 3. The summed E-state index contributed by atoms with van der Waals surface area (Å²) in [6, 6.07) is 10.9. The van der Waals surface area contributed by atoms with Crippen LogP contribution in [0.15, 0.2) is 41.5 Å². The number of hydrogen-bond donors (Lipinski definition) is 3. The smallest absolute Gasteiger partial charge is 0.274 e. The first-order valence-corrected chi connectivity index (χ1v) is 19.3. The molecule has 3 aromatic rings. The fraction of sp³-hybridized carbons (Fsp3) is 0.543. The average molecular weight is 643 g/mol. The Morgan fingerprint density at radius 1 is 1.17 bits per heavy atom. The van der Waals surface area contributed by atoms with Crippen molar-refractivity contribution in [1.29, 1.82) is 5.26 Å². The number of rotatable bonds is 9. The van der Waals surface area contributed by atoms with Crippen LogP contribution in [0.2, 0.25) is 18.1 Å². The molecule has 11 heteroatoms. The van der Waals surface area contributed by atoms with E-state index in [2.05, 4.69) is 92.6 Å². The molecule has 0 amide bonds. The van der Waals surface area contributed by atoms with Crippen LogP contribution in [-0.4, -0.2) is 72.6 Å². The van der Waals surface area contributed by atoms with E-state index in [9.17, 15) is 10.1 Å². The number of pyridine rings is 1. The van der Waals surface area contributed by atoms with E-state index in [-0.39, 0.29) is 16.0 Å². The Kier molecular flexibility index (Phi) is 9.49. The number of aryl methyl sites for hydroxylation is 1. The minimum atomic E-state index is -1.97. The van der Waals surface area contributed by atoms with Gasteiger partial charge in [-0.05, 0) is 74.3 Å². The van der Waals surface area contributed by atoms with Crippen molar-refractivity contribution in [2.24, 2.45) is 0 Å². The van der Waals surface area contributed by atoms with Crippen molar-refractivity contribution in [2.75, 3.05) is 43.4 Å². The van der Waals surface area contributed by atoms with Crippen LogP contribution in [-0.2, 0) is 16.4 Å². The number of fused-ring (bicyclic) bond motifs is 1. The molecule has 2 aromatic heterocycles. The van der Waals surface area contributed by atoms with Gasteiger partial charge in [0.25, 0.3) is 5.56 Å². The molecule has 4 heterocycles. The van der Waals surface area contributed by atoms with Gasteiger partial charge in [0.05, 0.1) is 16.9 Å². The first-order valence-electron chi connectivity index (χ1n) is 16.3. The summed E-state index contributed by atoms with van der Waals surface area (Å²) in [6.07, 6.45) is 3.59. The van der Waals surface area contributed by atoms with E-state index >= 15 is 0 Å². The van der Waals surface area contributed by atoms with E-state index in [1.54, 1.807) is 10.8 Å². The fourth-order valence-corrected chi connectivity index (χ4v) is 7.33. The molecule has 0 saturated carbocycles. The van der Waals surface area contributed by atoms with Crippen LogP contribution in [0.3, 0.4) is 0 Å². The topological polar surface area (TPSA) is 120 Å². The van der Waals surface area contributed by atoms with Crippen LogP contribution in [0.4, 0.5) is 17.3 Å². The van der Waals surface area contributed by atoms with E-state index in [1.165, 1.54) is 0 Å². The molecule has 1 fully saturated rings. The van der Waals surface area contributed by atoms with Crippen molar-refractivity contribution in [3.63, 3.8) is 0 Å². The third-order valence-electron chi connectivity index (χ3n) is 9.83. The number of nitriles is 1. The highest BCUT2D eigenvalue weighted by Crippen LogP contribution is 2.44. The second-order valence-electron chi connectivity index (χ2n) is 15.1. The number of piperazine rings is 1. The van der Waals surface area contributed by atoms with Gasteiger partial charge >= 0.3 is 0 Å². The lowest BCUT2D eigenvalue weighted by atomic mass is 9.83. The molecule has 246 valence electrons. The van der Waals surface area contributed by atoms with Gasteiger partial charge in [0, 0.05) is 74.8 Å². The SMILES string of the molecule is Cc1cc(Nc2nccc(-c3cc(C#N)c4c(c3)[C@@](C)(CO[Si](C)(C)C(C)(C)C)CN4)n2)c(=O)n(CCN2CC(C)NC(C)C2)c1. The monoisotopic (exact) mass is 642 g/mol. The molecule has 0 aliphatic carbocycles. The first-order chi connectivity index (χ1) is 21.6. The average Bonchev–Trinajstić information content (AvgIpc) is 3.32. The predicted molar refractivity (Wildman–Crippen MR) is 188 cm³/mol. The van der Waals surface area contributed by atoms with Crippen LogP contribution in [0.25, 0.3) is 11.3 Å². The van der Waals surface area contributed by atoms with E-state index in [0.717, 1.165) is 42.0 Å². The van der Waals surface area contributed by atoms with Crippen LogP contribution in [0, 0.1) is 18.3 Å². The summed E-state index contributed by atoms with van der Waals surface area (Å²) in [5.41, 5.74) is 5.00. The molecule has 3 N–H and O–H groups in total. The fourth-order valence-electron chi connectivity index (χ4n) is 6.22. The molecule has 5 rings (SSSR count). The van der Waals surface area contributed by atoms with E-state index in [1.807, 2.05) is 31.3 Å². The number of benzene rings is 1. The zero-order valence-corrected chi connectivity index (χ0v) is 29.9. The molecule has 2 aliphatic rings. The van der Waals surface area contributed by atoms with Gasteiger partial charge in [-0.1, -0.05) is 27.7 Å². The van der Waals surface area contributed by atoms with Gasteiger partial charge in [-0.25, -0.2) is 9.97 Å². The maximum Gasteiger partial charge on any atom is 0.274 e. The molecule has 1 aromatic carbocycles. The van der Waals surface area contributed by atoms with E-state index < -0.39 is 8.32 Å². The van der Waals surface area contributed by atoms with Crippen molar-refractivity contribution in [1.82, 2.24) is 24.8 Å². The lowest BCUT2D eigenvalue weighted by Crippen LogP contribution is -2.54. The Bertz CT molecular complexity index is 1680. The molecule has 10 nitrogen and oxygen atoms in total. The van der Waals surface area contributed by atoms with Crippen molar-refractivity contribution < 1.29 is 4.43 Å². The first kappa shape index (κ1) is 33.8. The van der Waals surface area contributed by atoms with Crippen LogP contribution >= 0.6 is 0 Å². The number of nitrogens with one attached hydrogen (secondary N) is 3. The van der Waals surface area contributed by atoms with Crippen molar-refractivity contribution in [2.45, 2.75) is 90.6 Å². The maximum absolute atomic E-state index is 13.5. The second-order valence-corrected chi connectivity index (χ2v) is 19.9. The number of hydrogen-bond acceptors (Lipinski definition) is 9. The molecule has 46 heavy (non-hydrogen) atoms.